The zero-order chi connectivity index (χ0) is 17.8. The third-order valence-corrected chi connectivity index (χ3v) is 4.43. The molecule has 130 valence electrons. The maximum Gasteiger partial charge on any atom is 0.205 e. The molecular weight excluding hydrogens is 314 g/mol. The standard InChI is InChI=1S/C20H23N3O2/c1-3-23-12-16(9-14-5-7-18(8-6-14)24-4-2)19-17(13-23)10-15(11-21)20(22)25-19/h5-9H,3-4,10,12-13,22H2,1-2H3. The van der Waals surface area contributed by atoms with Crippen LogP contribution < -0.4 is 10.5 Å². The number of allylic oxidation sites excluding steroid dienone is 1. The van der Waals surface area contributed by atoms with Gasteiger partial charge in [0.25, 0.3) is 0 Å². The Bertz CT molecular complexity index is 782. The van der Waals surface area contributed by atoms with Gasteiger partial charge in [-0.3, -0.25) is 4.90 Å². The Hall–Kier alpha value is -2.71. The highest BCUT2D eigenvalue weighted by molar-refractivity contribution is 5.61. The van der Waals surface area contributed by atoms with E-state index >= 15 is 0 Å². The highest BCUT2D eigenvalue weighted by atomic mass is 16.5. The van der Waals surface area contributed by atoms with Crippen molar-refractivity contribution in [3.8, 4) is 11.8 Å². The van der Waals surface area contributed by atoms with Gasteiger partial charge in [0.2, 0.25) is 5.88 Å². The van der Waals surface area contributed by atoms with Gasteiger partial charge in [0, 0.05) is 25.1 Å². The Morgan fingerprint density at radius 2 is 2.04 bits per heavy atom. The number of rotatable bonds is 4. The maximum atomic E-state index is 9.22. The van der Waals surface area contributed by atoms with E-state index in [0.717, 1.165) is 47.9 Å². The van der Waals surface area contributed by atoms with Crippen LogP contribution in [0.3, 0.4) is 0 Å². The number of likely N-dealkylation sites (N-methyl/N-ethyl adjacent to an activating group) is 1. The third kappa shape index (κ3) is 3.70. The summed E-state index contributed by atoms with van der Waals surface area (Å²) in [5.41, 5.74) is 9.72. The molecule has 25 heavy (non-hydrogen) atoms. The fraction of sp³-hybridized carbons (Fsp3) is 0.350. The first-order valence-electron chi connectivity index (χ1n) is 8.59. The first kappa shape index (κ1) is 17.1. The lowest BCUT2D eigenvalue weighted by molar-refractivity contribution is 0.244. The molecule has 0 amide bonds. The number of nitrogens with two attached hydrogens (primary N) is 1. The van der Waals surface area contributed by atoms with Crippen LogP contribution >= 0.6 is 0 Å². The largest absolute Gasteiger partial charge is 0.494 e. The van der Waals surface area contributed by atoms with E-state index in [4.69, 9.17) is 15.2 Å². The SMILES string of the molecule is CCOc1ccc(C=C2CN(CC)CC3=C2OC(N)=C(C#N)C3)cc1. The van der Waals surface area contributed by atoms with Crippen LogP contribution in [0, 0.1) is 11.3 Å². The molecule has 3 rings (SSSR count). The van der Waals surface area contributed by atoms with Gasteiger partial charge in [0.15, 0.2) is 0 Å². The van der Waals surface area contributed by atoms with E-state index in [1.165, 1.54) is 0 Å². The summed E-state index contributed by atoms with van der Waals surface area (Å²) >= 11 is 0. The van der Waals surface area contributed by atoms with Crippen molar-refractivity contribution in [2.45, 2.75) is 20.3 Å². The lowest BCUT2D eigenvalue weighted by Crippen LogP contribution is -2.35. The minimum absolute atomic E-state index is 0.226. The molecule has 0 unspecified atom stereocenters. The molecule has 0 aliphatic carbocycles. The minimum atomic E-state index is 0.226. The van der Waals surface area contributed by atoms with Gasteiger partial charge < -0.3 is 15.2 Å². The van der Waals surface area contributed by atoms with Crippen LogP contribution in [0.5, 0.6) is 5.75 Å². The summed E-state index contributed by atoms with van der Waals surface area (Å²) in [5.74, 6) is 1.92. The molecule has 5 nitrogen and oxygen atoms in total. The summed E-state index contributed by atoms with van der Waals surface area (Å²) < 4.78 is 11.3. The number of benzene rings is 1. The van der Waals surface area contributed by atoms with Crippen molar-refractivity contribution >= 4 is 6.08 Å². The van der Waals surface area contributed by atoms with Crippen molar-refractivity contribution in [1.29, 1.82) is 5.26 Å². The summed E-state index contributed by atoms with van der Waals surface area (Å²) in [6.07, 6.45) is 2.69. The third-order valence-electron chi connectivity index (χ3n) is 4.43. The van der Waals surface area contributed by atoms with Crippen LogP contribution in [-0.4, -0.2) is 31.1 Å². The molecular formula is C20H23N3O2. The first-order valence-corrected chi connectivity index (χ1v) is 8.59. The highest BCUT2D eigenvalue weighted by Crippen LogP contribution is 2.34. The van der Waals surface area contributed by atoms with Crippen LogP contribution in [0.4, 0.5) is 0 Å². The number of nitrogens with zero attached hydrogens (tertiary/aromatic N) is 2. The van der Waals surface area contributed by atoms with E-state index in [0.29, 0.717) is 18.6 Å². The second kappa shape index (κ2) is 7.45. The van der Waals surface area contributed by atoms with Crippen molar-refractivity contribution in [1.82, 2.24) is 4.90 Å². The van der Waals surface area contributed by atoms with E-state index in [1.54, 1.807) is 0 Å². The Labute approximate surface area is 148 Å². The van der Waals surface area contributed by atoms with Gasteiger partial charge in [-0.05, 0) is 42.8 Å². The maximum absolute atomic E-state index is 9.22. The second-order valence-electron chi connectivity index (χ2n) is 6.14. The van der Waals surface area contributed by atoms with Crippen molar-refractivity contribution in [3.63, 3.8) is 0 Å². The van der Waals surface area contributed by atoms with Crippen LogP contribution in [0.1, 0.15) is 25.8 Å². The van der Waals surface area contributed by atoms with Crippen molar-refractivity contribution in [2.24, 2.45) is 5.73 Å². The minimum Gasteiger partial charge on any atom is -0.494 e. The smallest absolute Gasteiger partial charge is 0.205 e. The van der Waals surface area contributed by atoms with Gasteiger partial charge in [0.1, 0.15) is 17.6 Å². The number of nitriles is 1. The summed E-state index contributed by atoms with van der Waals surface area (Å²) in [6.45, 7) is 7.32. The fourth-order valence-electron chi connectivity index (χ4n) is 3.14. The summed E-state index contributed by atoms with van der Waals surface area (Å²) in [7, 11) is 0. The van der Waals surface area contributed by atoms with E-state index in [-0.39, 0.29) is 5.88 Å². The molecule has 1 aromatic carbocycles. The molecule has 0 fully saturated rings. The number of hydrogen-bond acceptors (Lipinski definition) is 5. The van der Waals surface area contributed by atoms with Gasteiger partial charge in [0.05, 0.1) is 12.2 Å². The molecule has 0 saturated carbocycles. The molecule has 0 aromatic heterocycles. The lowest BCUT2D eigenvalue weighted by atomic mass is 9.94. The highest BCUT2D eigenvalue weighted by Gasteiger charge is 2.29. The summed E-state index contributed by atoms with van der Waals surface area (Å²) in [6, 6.07) is 10.1. The quantitative estimate of drug-likeness (QED) is 0.914. The zero-order valence-electron chi connectivity index (χ0n) is 14.7. The number of hydrogen-bond donors (Lipinski definition) is 1. The molecule has 2 aliphatic rings. The lowest BCUT2D eigenvalue weighted by Gasteiger charge is -2.34. The Morgan fingerprint density at radius 1 is 1.28 bits per heavy atom. The Balaban J connectivity index is 1.92. The fourth-order valence-corrected chi connectivity index (χ4v) is 3.14. The Kier molecular flexibility index (Phi) is 5.11. The van der Waals surface area contributed by atoms with Gasteiger partial charge in [-0.2, -0.15) is 5.26 Å². The van der Waals surface area contributed by atoms with Crippen LogP contribution in [0.2, 0.25) is 0 Å². The normalized spacial score (nSPS) is 19.5. The zero-order valence-corrected chi connectivity index (χ0v) is 14.7. The van der Waals surface area contributed by atoms with Gasteiger partial charge in [-0.25, -0.2) is 0 Å². The van der Waals surface area contributed by atoms with Gasteiger partial charge in [-0.1, -0.05) is 19.1 Å². The summed E-state index contributed by atoms with van der Waals surface area (Å²) in [5, 5.41) is 9.22. The van der Waals surface area contributed by atoms with Crippen LogP contribution in [0.15, 0.2) is 52.6 Å². The van der Waals surface area contributed by atoms with Crippen LogP contribution in [0.25, 0.3) is 6.08 Å². The number of ether oxygens (including phenoxy) is 2. The van der Waals surface area contributed by atoms with Gasteiger partial charge in [-0.15, -0.1) is 0 Å². The average Bonchev–Trinajstić information content (AvgIpc) is 2.63. The van der Waals surface area contributed by atoms with Gasteiger partial charge >= 0.3 is 0 Å². The molecule has 2 heterocycles. The molecule has 2 N–H and O–H groups in total. The monoisotopic (exact) mass is 337 g/mol. The Morgan fingerprint density at radius 3 is 2.68 bits per heavy atom. The van der Waals surface area contributed by atoms with Crippen molar-refractivity contribution in [3.05, 3.63) is 58.2 Å². The molecule has 0 atom stereocenters. The predicted molar refractivity (Wildman–Crippen MR) is 97.3 cm³/mol. The molecule has 0 bridgehead atoms. The van der Waals surface area contributed by atoms with E-state index in [9.17, 15) is 5.26 Å². The van der Waals surface area contributed by atoms with E-state index in [2.05, 4.69) is 24.0 Å². The van der Waals surface area contributed by atoms with E-state index < -0.39 is 0 Å². The van der Waals surface area contributed by atoms with Crippen molar-refractivity contribution < 1.29 is 9.47 Å². The second-order valence-corrected chi connectivity index (χ2v) is 6.14. The first-order chi connectivity index (χ1) is 12.1. The van der Waals surface area contributed by atoms with Crippen LogP contribution in [-0.2, 0) is 4.74 Å². The summed E-state index contributed by atoms with van der Waals surface area (Å²) in [4.78, 5) is 2.33. The predicted octanol–water partition coefficient (Wildman–Crippen LogP) is 3.17. The molecule has 5 heteroatoms. The van der Waals surface area contributed by atoms with E-state index in [1.807, 2.05) is 31.2 Å². The molecule has 0 saturated heterocycles. The van der Waals surface area contributed by atoms with Crippen molar-refractivity contribution in [2.75, 3.05) is 26.2 Å². The molecule has 0 spiro atoms. The molecule has 0 radical (unpaired) electrons. The topological polar surface area (TPSA) is 71.5 Å². The average molecular weight is 337 g/mol. The molecule has 2 aliphatic heterocycles. The molecule has 1 aromatic rings.